The Morgan fingerprint density at radius 3 is 1.02 bits per heavy atom. The van der Waals surface area contributed by atoms with Crippen molar-refractivity contribution in [1.29, 1.82) is 0 Å². The highest BCUT2D eigenvalue weighted by Crippen LogP contribution is 2.15. The second kappa shape index (κ2) is 54.2. The van der Waals surface area contributed by atoms with Crippen molar-refractivity contribution < 1.29 is 24.2 Å². The second-order valence-corrected chi connectivity index (χ2v) is 17.6. The summed E-state index contributed by atoms with van der Waals surface area (Å²) in [5, 5.41) is 9.64. The van der Waals surface area contributed by atoms with Crippen molar-refractivity contribution in [2.24, 2.45) is 0 Å². The number of aliphatic hydroxyl groups is 1. The van der Waals surface area contributed by atoms with Gasteiger partial charge in [0.25, 0.3) is 0 Å². The van der Waals surface area contributed by atoms with E-state index in [2.05, 4.69) is 111 Å². The van der Waals surface area contributed by atoms with Crippen LogP contribution in [0.5, 0.6) is 0 Å². The molecule has 0 aliphatic carbocycles. The average molecular weight is 889 g/mol. The molecule has 0 aliphatic rings. The van der Waals surface area contributed by atoms with E-state index in [4.69, 9.17) is 9.47 Å². The predicted octanol–water partition coefficient (Wildman–Crippen LogP) is 18.0. The lowest BCUT2D eigenvalue weighted by Gasteiger charge is -2.15. The van der Waals surface area contributed by atoms with Crippen LogP contribution in [-0.4, -0.2) is 36.4 Å². The van der Waals surface area contributed by atoms with E-state index >= 15 is 0 Å². The Labute approximate surface area is 396 Å². The van der Waals surface area contributed by atoms with Crippen LogP contribution in [0.3, 0.4) is 0 Å². The van der Waals surface area contributed by atoms with Crippen LogP contribution in [0.2, 0.25) is 0 Å². The molecule has 366 valence electrons. The monoisotopic (exact) mass is 889 g/mol. The Hall–Kier alpha value is -3.18. The van der Waals surface area contributed by atoms with Crippen LogP contribution in [0.4, 0.5) is 0 Å². The van der Waals surface area contributed by atoms with Crippen molar-refractivity contribution >= 4 is 11.9 Å². The SMILES string of the molecule is CC/C=C\C/C=C\C/C=C\C/C=C\C/C=C\C/C=C\CCCCCCCCCCCCCCC(=O)OC(CO)COC(=O)CCCCCCCCCCC/C=C\C/C=C\CCCCC. The summed E-state index contributed by atoms with van der Waals surface area (Å²) in [6.45, 7) is 4.01. The maximum atomic E-state index is 12.3. The lowest BCUT2D eigenvalue weighted by Crippen LogP contribution is -2.28. The smallest absolute Gasteiger partial charge is 0.306 e. The minimum atomic E-state index is -0.780. The number of carbonyl (C=O) groups excluding carboxylic acids is 2. The summed E-state index contributed by atoms with van der Waals surface area (Å²) in [7, 11) is 0. The molecular weight excluding hydrogens is 789 g/mol. The maximum Gasteiger partial charge on any atom is 0.306 e. The van der Waals surface area contributed by atoms with Gasteiger partial charge in [-0.05, 0) is 96.3 Å². The van der Waals surface area contributed by atoms with Crippen LogP contribution in [0.1, 0.15) is 245 Å². The van der Waals surface area contributed by atoms with E-state index in [0.717, 1.165) is 83.5 Å². The van der Waals surface area contributed by atoms with Gasteiger partial charge in [-0.1, -0.05) is 233 Å². The molecule has 0 heterocycles. The molecule has 0 rings (SSSR count). The highest BCUT2D eigenvalue weighted by Gasteiger charge is 2.16. The molecular formula is C59H100O5. The maximum absolute atomic E-state index is 12.3. The van der Waals surface area contributed by atoms with Gasteiger partial charge in [0.15, 0.2) is 6.10 Å². The normalized spacial score (nSPS) is 13.0. The van der Waals surface area contributed by atoms with Crippen LogP contribution in [-0.2, 0) is 19.1 Å². The van der Waals surface area contributed by atoms with Crippen LogP contribution < -0.4 is 0 Å². The molecule has 0 aromatic heterocycles. The van der Waals surface area contributed by atoms with Gasteiger partial charge in [0, 0.05) is 12.8 Å². The fourth-order valence-corrected chi connectivity index (χ4v) is 7.35. The van der Waals surface area contributed by atoms with E-state index in [0.29, 0.717) is 12.8 Å². The number of allylic oxidation sites excluding steroid dienone is 16. The summed E-state index contributed by atoms with van der Waals surface area (Å²) in [4.78, 5) is 24.5. The fraction of sp³-hybridized carbons (Fsp3) is 0.695. The zero-order valence-corrected chi connectivity index (χ0v) is 41.8. The first-order chi connectivity index (χ1) is 31.6. The number of ether oxygens (including phenoxy) is 2. The van der Waals surface area contributed by atoms with Gasteiger partial charge in [0.05, 0.1) is 6.61 Å². The molecule has 0 saturated carbocycles. The molecule has 0 aromatic rings. The molecule has 5 nitrogen and oxygen atoms in total. The summed E-state index contributed by atoms with van der Waals surface area (Å²) >= 11 is 0. The average Bonchev–Trinajstić information content (AvgIpc) is 3.30. The summed E-state index contributed by atoms with van der Waals surface area (Å²) in [5.74, 6) is -0.597. The van der Waals surface area contributed by atoms with Gasteiger partial charge in [0.2, 0.25) is 0 Å². The summed E-state index contributed by atoms with van der Waals surface area (Å²) < 4.78 is 10.7. The Morgan fingerprint density at radius 2 is 0.672 bits per heavy atom. The first-order valence-electron chi connectivity index (χ1n) is 26.8. The molecule has 0 bridgehead atoms. The molecule has 0 aliphatic heterocycles. The van der Waals surface area contributed by atoms with Crippen LogP contribution in [0, 0.1) is 0 Å². The van der Waals surface area contributed by atoms with Crippen molar-refractivity contribution in [3.05, 3.63) is 97.2 Å². The van der Waals surface area contributed by atoms with Crippen molar-refractivity contribution in [3.8, 4) is 0 Å². The molecule has 0 spiro atoms. The van der Waals surface area contributed by atoms with Gasteiger partial charge in [-0.15, -0.1) is 0 Å². The van der Waals surface area contributed by atoms with Gasteiger partial charge < -0.3 is 14.6 Å². The van der Waals surface area contributed by atoms with E-state index < -0.39 is 6.10 Å². The molecule has 1 N–H and O–H groups in total. The Bertz CT molecular complexity index is 1230. The summed E-state index contributed by atoms with van der Waals surface area (Å²) in [5.41, 5.74) is 0. The van der Waals surface area contributed by atoms with E-state index in [1.54, 1.807) is 0 Å². The van der Waals surface area contributed by atoms with Gasteiger partial charge in [-0.2, -0.15) is 0 Å². The number of esters is 2. The van der Waals surface area contributed by atoms with Gasteiger partial charge in [0.1, 0.15) is 6.61 Å². The third-order valence-corrected chi connectivity index (χ3v) is 11.4. The van der Waals surface area contributed by atoms with Gasteiger partial charge >= 0.3 is 11.9 Å². The lowest BCUT2D eigenvalue weighted by molar-refractivity contribution is -0.161. The zero-order valence-electron chi connectivity index (χ0n) is 41.8. The number of hydrogen-bond acceptors (Lipinski definition) is 5. The highest BCUT2D eigenvalue weighted by atomic mass is 16.6. The number of unbranched alkanes of at least 4 members (excludes halogenated alkanes) is 24. The van der Waals surface area contributed by atoms with Crippen LogP contribution >= 0.6 is 0 Å². The molecule has 0 aromatic carbocycles. The van der Waals surface area contributed by atoms with E-state index in [1.165, 1.54) is 135 Å². The molecule has 0 radical (unpaired) electrons. The third kappa shape index (κ3) is 51.5. The molecule has 5 heteroatoms. The number of rotatable bonds is 48. The third-order valence-electron chi connectivity index (χ3n) is 11.4. The standard InChI is InChI=1S/C59H100O5/c1-3-5-7-9-11-13-15-17-19-21-23-24-25-26-27-28-29-30-31-32-33-34-36-38-40-42-44-46-48-50-52-54-59(62)64-57(55-60)56-63-58(61)53-51-49-47-45-43-41-39-37-35-22-20-18-16-14-12-10-8-6-4-2/h5,7,11-14,17-20,23-24,26-27,29-30,57,60H,3-4,6,8-10,15-16,21-22,25,28,31-56H2,1-2H3/b7-5-,13-11-,14-12-,19-17-,20-18-,24-23-,27-26-,30-29-. The van der Waals surface area contributed by atoms with Crippen LogP contribution in [0.25, 0.3) is 0 Å². The zero-order chi connectivity index (χ0) is 46.3. The number of carbonyl (C=O) groups is 2. The fourth-order valence-electron chi connectivity index (χ4n) is 7.35. The highest BCUT2D eigenvalue weighted by molar-refractivity contribution is 5.70. The summed E-state index contributed by atoms with van der Waals surface area (Å²) in [6, 6.07) is 0. The van der Waals surface area contributed by atoms with E-state index in [1.807, 2.05) is 0 Å². The molecule has 0 fully saturated rings. The van der Waals surface area contributed by atoms with Crippen molar-refractivity contribution in [3.63, 3.8) is 0 Å². The Kier molecular flexibility index (Phi) is 51.5. The second-order valence-electron chi connectivity index (χ2n) is 17.6. The van der Waals surface area contributed by atoms with Gasteiger partial charge in [-0.25, -0.2) is 0 Å². The molecule has 0 amide bonds. The molecule has 0 saturated heterocycles. The van der Waals surface area contributed by atoms with Crippen LogP contribution in [0.15, 0.2) is 97.2 Å². The minimum absolute atomic E-state index is 0.0721. The number of aliphatic hydroxyl groups excluding tert-OH is 1. The van der Waals surface area contributed by atoms with E-state index in [9.17, 15) is 14.7 Å². The predicted molar refractivity (Wildman–Crippen MR) is 279 cm³/mol. The summed E-state index contributed by atoms with van der Waals surface area (Å²) in [6.07, 6.45) is 76.5. The van der Waals surface area contributed by atoms with Gasteiger partial charge in [-0.3, -0.25) is 9.59 Å². The molecule has 1 atom stereocenters. The van der Waals surface area contributed by atoms with Crippen molar-refractivity contribution in [1.82, 2.24) is 0 Å². The van der Waals surface area contributed by atoms with E-state index in [-0.39, 0.29) is 25.2 Å². The Balaban J connectivity index is 3.53. The Morgan fingerprint density at radius 1 is 0.375 bits per heavy atom. The first-order valence-corrected chi connectivity index (χ1v) is 26.8. The molecule has 64 heavy (non-hydrogen) atoms. The molecule has 1 unspecified atom stereocenters. The lowest BCUT2D eigenvalue weighted by atomic mass is 10.0. The van der Waals surface area contributed by atoms with Crippen molar-refractivity contribution in [2.45, 2.75) is 251 Å². The van der Waals surface area contributed by atoms with Crippen molar-refractivity contribution in [2.75, 3.05) is 13.2 Å². The quantitative estimate of drug-likeness (QED) is 0.0374. The minimum Gasteiger partial charge on any atom is -0.462 e. The largest absolute Gasteiger partial charge is 0.462 e. The topological polar surface area (TPSA) is 72.8 Å². The number of hydrogen-bond donors (Lipinski definition) is 1. The first kappa shape index (κ1) is 60.8.